The lowest BCUT2D eigenvalue weighted by molar-refractivity contribution is -0.127. The maximum Gasteiger partial charge on any atom is 0.238 e. The largest absolute Gasteiger partial charge is 0.380 e. The molecule has 0 spiro atoms. The van der Waals surface area contributed by atoms with E-state index in [1.807, 2.05) is 0 Å². The Morgan fingerprint density at radius 3 is 3.00 bits per heavy atom. The van der Waals surface area contributed by atoms with Gasteiger partial charge in [-0.05, 0) is 19.4 Å². The lowest BCUT2D eigenvalue weighted by Gasteiger charge is -2.27. The molecule has 4 heteroatoms. The van der Waals surface area contributed by atoms with Gasteiger partial charge in [0.15, 0.2) is 0 Å². The van der Waals surface area contributed by atoms with Crippen LogP contribution in [0.5, 0.6) is 0 Å². The van der Waals surface area contributed by atoms with Gasteiger partial charge in [0, 0.05) is 20.1 Å². The maximum atomic E-state index is 11.4. The van der Waals surface area contributed by atoms with E-state index in [9.17, 15) is 4.79 Å². The molecule has 0 bridgehead atoms. The molecule has 2 rings (SSSR count). The van der Waals surface area contributed by atoms with Crippen LogP contribution in [0.1, 0.15) is 19.3 Å². The maximum absolute atomic E-state index is 11.4. The molecule has 0 aromatic heterocycles. The second-order valence-corrected chi connectivity index (χ2v) is 4.01. The van der Waals surface area contributed by atoms with Gasteiger partial charge in [0.05, 0.1) is 6.10 Å². The fourth-order valence-electron chi connectivity index (χ4n) is 2.66. The Morgan fingerprint density at radius 2 is 2.46 bits per heavy atom. The number of hydrogen-bond donors (Lipinski definition) is 1. The molecular weight excluding hydrogens is 168 g/mol. The monoisotopic (exact) mass is 184 g/mol. The molecule has 2 atom stereocenters. The number of primary amides is 1. The molecule has 1 amide bonds. The minimum Gasteiger partial charge on any atom is -0.380 e. The van der Waals surface area contributed by atoms with Gasteiger partial charge in [0.1, 0.15) is 5.54 Å². The summed E-state index contributed by atoms with van der Waals surface area (Å²) in [6.07, 6.45) is 2.95. The molecule has 0 radical (unpaired) electrons. The van der Waals surface area contributed by atoms with E-state index in [0.717, 1.165) is 32.4 Å². The molecule has 2 heterocycles. The average Bonchev–Trinajstić information content (AvgIpc) is 2.58. The van der Waals surface area contributed by atoms with Gasteiger partial charge in [0.2, 0.25) is 5.91 Å². The Bertz CT molecular complexity index is 232. The lowest BCUT2D eigenvalue weighted by Crippen LogP contribution is -2.49. The van der Waals surface area contributed by atoms with E-state index in [1.165, 1.54) is 0 Å². The Labute approximate surface area is 78.0 Å². The Morgan fingerprint density at radius 1 is 1.69 bits per heavy atom. The van der Waals surface area contributed by atoms with E-state index >= 15 is 0 Å². The topological polar surface area (TPSA) is 55.6 Å². The van der Waals surface area contributed by atoms with E-state index in [-0.39, 0.29) is 17.6 Å². The van der Waals surface area contributed by atoms with Crippen LogP contribution in [0.3, 0.4) is 0 Å². The van der Waals surface area contributed by atoms with Gasteiger partial charge >= 0.3 is 0 Å². The van der Waals surface area contributed by atoms with Gasteiger partial charge in [-0.1, -0.05) is 0 Å². The number of ether oxygens (including phenoxy) is 1. The fourth-order valence-corrected chi connectivity index (χ4v) is 2.66. The van der Waals surface area contributed by atoms with Crippen molar-refractivity contribution in [2.45, 2.75) is 30.9 Å². The third kappa shape index (κ3) is 1.16. The zero-order valence-corrected chi connectivity index (χ0v) is 7.95. The molecule has 74 valence electrons. The van der Waals surface area contributed by atoms with Crippen LogP contribution in [0.25, 0.3) is 0 Å². The summed E-state index contributed by atoms with van der Waals surface area (Å²) < 4.78 is 5.27. The molecular formula is C9H16N2O2. The van der Waals surface area contributed by atoms with Crippen LogP contribution in [0, 0.1) is 0 Å². The molecule has 0 unspecified atom stereocenters. The predicted octanol–water partition coefficient (Wildman–Crippen LogP) is -0.275. The molecule has 0 aliphatic carbocycles. The van der Waals surface area contributed by atoms with Crippen molar-refractivity contribution < 1.29 is 9.53 Å². The van der Waals surface area contributed by atoms with Crippen molar-refractivity contribution in [3.8, 4) is 0 Å². The van der Waals surface area contributed by atoms with Crippen LogP contribution in [-0.4, -0.2) is 42.6 Å². The van der Waals surface area contributed by atoms with Gasteiger partial charge in [-0.3, -0.25) is 9.69 Å². The SMILES string of the molecule is CO[C@@H]1CN2CCC[C@@]2(C(N)=O)C1. The molecule has 13 heavy (non-hydrogen) atoms. The molecule has 0 aromatic rings. The van der Waals surface area contributed by atoms with Gasteiger partial charge < -0.3 is 10.5 Å². The number of nitrogens with zero attached hydrogens (tertiary/aromatic N) is 1. The van der Waals surface area contributed by atoms with E-state index < -0.39 is 0 Å². The van der Waals surface area contributed by atoms with E-state index in [2.05, 4.69) is 4.90 Å². The standard InChI is InChI=1S/C9H16N2O2/c1-13-7-5-9(8(10)12)3-2-4-11(9)6-7/h7H,2-6H2,1H3,(H2,10,12)/t7-,9-/m0/s1. The lowest BCUT2D eigenvalue weighted by atomic mass is 9.93. The van der Waals surface area contributed by atoms with Gasteiger partial charge in [-0.2, -0.15) is 0 Å². The zero-order chi connectivity index (χ0) is 9.47. The minimum absolute atomic E-state index is 0.176. The highest BCUT2D eigenvalue weighted by atomic mass is 16.5. The summed E-state index contributed by atoms with van der Waals surface area (Å²) in [7, 11) is 1.70. The number of carbonyl (C=O) groups excluding carboxylic acids is 1. The normalized spacial score (nSPS) is 39.3. The highest BCUT2D eigenvalue weighted by molar-refractivity contribution is 5.85. The first kappa shape index (κ1) is 8.97. The summed E-state index contributed by atoms with van der Waals surface area (Å²) in [4.78, 5) is 13.6. The summed E-state index contributed by atoms with van der Waals surface area (Å²) in [5.74, 6) is -0.176. The molecule has 2 saturated heterocycles. The number of hydrogen-bond acceptors (Lipinski definition) is 3. The molecule has 0 saturated carbocycles. The summed E-state index contributed by atoms with van der Waals surface area (Å²) in [5, 5.41) is 0. The summed E-state index contributed by atoms with van der Waals surface area (Å²) in [5.41, 5.74) is 5.08. The molecule has 0 aromatic carbocycles. The number of amides is 1. The van der Waals surface area contributed by atoms with Gasteiger partial charge in [-0.15, -0.1) is 0 Å². The van der Waals surface area contributed by atoms with Crippen LogP contribution < -0.4 is 5.73 Å². The van der Waals surface area contributed by atoms with Crippen LogP contribution in [0.15, 0.2) is 0 Å². The predicted molar refractivity (Wildman–Crippen MR) is 48.1 cm³/mol. The van der Waals surface area contributed by atoms with Crippen molar-refractivity contribution in [2.75, 3.05) is 20.2 Å². The third-order valence-corrected chi connectivity index (χ3v) is 3.41. The van der Waals surface area contributed by atoms with E-state index in [1.54, 1.807) is 7.11 Å². The second-order valence-electron chi connectivity index (χ2n) is 4.01. The molecule has 2 fully saturated rings. The first-order valence-electron chi connectivity index (χ1n) is 4.77. The first-order chi connectivity index (χ1) is 6.19. The summed E-state index contributed by atoms with van der Waals surface area (Å²) >= 11 is 0. The first-order valence-corrected chi connectivity index (χ1v) is 4.77. The molecule has 2 N–H and O–H groups in total. The zero-order valence-electron chi connectivity index (χ0n) is 7.95. The van der Waals surface area contributed by atoms with E-state index in [4.69, 9.17) is 10.5 Å². The third-order valence-electron chi connectivity index (χ3n) is 3.41. The van der Waals surface area contributed by atoms with Gasteiger partial charge in [-0.25, -0.2) is 0 Å². The average molecular weight is 184 g/mol. The molecule has 2 aliphatic heterocycles. The quantitative estimate of drug-likeness (QED) is 0.642. The number of nitrogens with two attached hydrogens (primary N) is 1. The minimum atomic E-state index is -0.374. The van der Waals surface area contributed by atoms with Crippen LogP contribution in [-0.2, 0) is 9.53 Å². The Kier molecular flexibility index (Phi) is 2.04. The highest BCUT2D eigenvalue weighted by Crippen LogP contribution is 2.39. The van der Waals surface area contributed by atoms with Crippen LogP contribution in [0.2, 0.25) is 0 Å². The number of fused-ring (bicyclic) bond motifs is 1. The van der Waals surface area contributed by atoms with E-state index in [0.29, 0.717) is 0 Å². The molecule has 4 nitrogen and oxygen atoms in total. The summed E-state index contributed by atoms with van der Waals surface area (Å²) in [6, 6.07) is 0. The van der Waals surface area contributed by atoms with Crippen molar-refractivity contribution in [2.24, 2.45) is 5.73 Å². The number of rotatable bonds is 2. The van der Waals surface area contributed by atoms with Crippen LogP contribution in [0.4, 0.5) is 0 Å². The molecule has 2 aliphatic rings. The van der Waals surface area contributed by atoms with Crippen molar-refractivity contribution in [3.05, 3.63) is 0 Å². The van der Waals surface area contributed by atoms with Crippen molar-refractivity contribution in [3.63, 3.8) is 0 Å². The summed E-state index contributed by atoms with van der Waals surface area (Å²) in [6.45, 7) is 1.85. The van der Waals surface area contributed by atoms with Gasteiger partial charge in [0.25, 0.3) is 0 Å². The van der Waals surface area contributed by atoms with Crippen LogP contribution >= 0.6 is 0 Å². The highest BCUT2D eigenvalue weighted by Gasteiger charge is 2.52. The smallest absolute Gasteiger partial charge is 0.238 e. The Hall–Kier alpha value is -0.610. The number of carbonyl (C=O) groups is 1. The Balaban J connectivity index is 2.20. The van der Waals surface area contributed by atoms with Crippen molar-refractivity contribution in [1.29, 1.82) is 0 Å². The number of methoxy groups -OCH3 is 1. The van der Waals surface area contributed by atoms with Crippen molar-refractivity contribution in [1.82, 2.24) is 4.90 Å². The fraction of sp³-hybridized carbons (Fsp3) is 0.889. The van der Waals surface area contributed by atoms with Crippen molar-refractivity contribution >= 4 is 5.91 Å². The second kappa shape index (κ2) is 2.96.